The van der Waals surface area contributed by atoms with E-state index in [4.69, 9.17) is 9.31 Å². The quantitative estimate of drug-likeness (QED) is 0.676. The molecule has 3 heterocycles. The van der Waals surface area contributed by atoms with Crippen LogP contribution in [0.25, 0.3) is 22.0 Å². The van der Waals surface area contributed by atoms with Crippen molar-refractivity contribution in [2.75, 3.05) is 7.05 Å². The summed E-state index contributed by atoms with van der Waals surface area (Å²) >= 11 is 0. The van der Waals surface area contributed by atoms with Crippen molar-refractivity contribution < 1.29 is 18.5 Å². The first-order valence-corrected chi connectivity index (χ1v) is 9.76. The monoisotopic (exact) mass is 407 g/mol. The van der Waals surface area contributed by atoms with E-state index < -0.39 is 24.1 Å². The molecule has 30 heavy (non-hydrogen) atoms. The Morgan fingerprint density at radius 2 is 1.70 bits per heavy atom. The van der Waals surface area contributed by atoms with E-state index in [2.05, 4.69) is 15.3 Å². The fourth-order valence-corrected chi connectivity index (χ4v) is 3.41. The maximum atomic E-state index is 15.4. The van der Waals surface area contributed by atoms with E-state index in [1.54, 1.807) is 30.5 Å². The molecule has 4 rings (SSSR count). The molecule has 1 amide bonds. The standard InChI is InChI=1S/C22H23BFN3O3/c1-21(2)22(3,4)30-23(29-21)16-8-6-7-14-15(16)12-27-19(18(14)24)13-9-10-17(26-11-13)20(28)25-5/h6-12H,1-5H3,(H,25,28). The molecule has 154 valence electrons. The minimum absolute atomic E-state index is 0.171. The second-order valence-electron chi connectivity index (χ2n) is 8.33. The molecule has 0 spiro atoms. The molecule has 0 bridgehead atoms. The minimum Gasteiger partial charge on any atom is -0.399 e. The number of fused-ring (bicyclic) bond motifs is 1. The highest BCUT2D eigenvalue weighted by Gasteiger charge is 2.52. The van der Waals surface area contributed by atoms with Gasteiger partial charge in [0.2, 0.25) is 0 Å². The number of halogens is 1. The van der Waals surface area contributed by atoms with Gasteiger partial charge in [-0.15, -0.1) is 0 Å². The van der Waals surface area contributed by atoms with Gasteiger partial charge in [0.15, 0.2) is 5.82 Å². The van der Waals surface area contributed by atoms with E-state index >= 15 is 4.39 Å². The fraction of sp³-hybridized carbons (Fsp3) is 0.318. The average molecular weight is 407 g/mol. The lowest BCUT2D eigenvalue weighted by molar-refractivity contribution is 0.00578. The lowest BCUT2D eigenvalue weighted by Gasteiger charge is -2.32. The van der Waals surface area contributed by atoms with Crippen LogP contribution < -0.4 is 10.8 Å². The number of carbonyl (C=O) groups excluding carboxylic acids is 1. The predicted octanol–water partition coefficient (Wildman–Crippen LogP) is 3.09. The highest BCUT2D eigenvalue weighted by molar-refractivity contribution is 6.65. The van der Waals surface area contributed by atoms with Crippen LogP contribution in [0.4, 0.5) is 4.39 Å². The highest BCUT2D eigenvalue weighted by atomic mass is 19.1. The van der Waals surface area contributed by atoms with E-state index in [1.165, 1.54) is 13.2 Å². The zero-order chi connectivity index (χ0) is 21.7. The molecule has 0 aliphatic carbocycles. The summed E-state index contributed by atoms with van der Waals surface area (Å²) in [4.78, 5) is 20.1. The zero-order valence-electron chi connectivity index (χ0n) is 17.6. The Hall–Kier alpha value is -2.84. The Morgan fingerprint density at radius 3 is 2.30 bits per heavy atom. The van der Waals surface area contributed by atoms with Gasteiger partial charge in [-0.3, -0.25) is 14.8 Å². The molecular formula is C22H23BFN3O3. The molecule has 1 aromatic carbocycles. The van der Waals surface area contributed by atoms with Crippen LogP contribution in [0.3, 0.4) is 0 Å². The van der Waals surface area contributed by atoms with Crippen molar-refractivity contribution in [2.45, 2.75) is 38.9 Å². The largest absolute Gasteiger partial charge is 0.495 e. The van der Waals surface area contributed by atoms with Gasteiger partial charge in [0.1, 0.15) is 11.4 Å². The van der Waals surface area contributed by atoms with Gasteiger partial charge in [-0.25, -0.2) is 4.39 Å². The van der Waals surface area contributed by atoms with Crippen LogP contribution >= 0.6 is 0 Å². The summed E-state index contributed by atoms with van der Waals surface area (Å²) in [7, 11) is 0.916. The minimum atomic E-state index is -0.612. The number of nitrogens with zero attached hydrogens (tertiary/aromatic N) is 2. The number of hydrogen-bond acceptors (Lipinski definition) is 5. The molecule has 1 fully saturated rings. The second kappa shape index (κ2) is 7.14. The third kappa shape index (κ3) is 3.26. The van der Waals surface area contributed by atoms with E-state index in [9.17, 15) is 4.79 Å². The molecule has 1 aliphatic heterocycles. The first-order chi connectivity index (χ1) is 14.1. The predicted molar refractivity (Wildman–Crippen MR) is 114 cm³/mol. The Morgan fingerprint density at radius 1 is 1.00 bits per heavy atom. The van der Waals surface area contributed by atoms with Crippen LogP contribution in [0.2, 0.25) is 0 Å². The summed E-state index contributed by atoms with van der Waals surface area (Å²) in [6, 6.07) is 8.53. The summed E-state index contributed by atoms with van der Waals surface area (Å²) in [5.74, 6) is -0.763. The molecule has 8 heteroatoms. The van der Waals surface area contributed by atoms with Crippen LogP contribution in [-0.2, 0) is 9.31 Å². The number of carbonyl (C=O) groups is 1. The van der Waals surface area contributed by atoms with Gasteiger partial charge in [-0.05, 0) is 45.3 Å². The van der Waals surface area contributed by atoms with Gasteiger partial charge < -0.3 is 14.6 Å². The molecule has 0 atom stereocenters. The van der Waals surface area contributed by atoms with Gasteiger partial charge in [0, 0.05) is 35.8 Å². The van der Waals surface area contributed by atoms with Crippen molar-refractivity contribution in [3.05, 3.63) is 54.2 Å². The van der Waals surface area contributed by atoms with Crippen LogP contribution in [-0.4, -0.2) is 41.2 Å². The van der Waals surface area contributed by atoms with Crippen LogP contribution in [0.1, 0.15) is 38.2 Å². The van der Waals surface area contributed by atoms with Gasteiger partial charge >= 0.3 is 7.12 Å². The first-order valence-electron chi connectivity index (χ1n) is 9.76. The van der Waals surface area contributed by atoms with Crippen molar-refractivity contribution in [1.29, 1.82) is 0 Å². The summed E-state index contributed by atoms with van der Waals surface area (Å²) in [5, 5.41) is 3.56. The van der Waals surface area contributed by atoms with Gasteiger partial charge in [0.05, 0.1) is 11.2 Å². The average Bonchev–Trinajstić information content (AvgIpc) is 2.94. The van der Waals surface area contributed by atoms with E-state index in [1.807, 2.05) is 33.8 Å². The lowest BCUT2D eigenvalue weighted by Crippen LogP contribution is -2.41. The first kappa shape index (κ1) is 20.4. The van der Waals surface area contributed by atoms with Crippen molar-refractivity contribution in [3.8, 4) is 11.3 Å². The Kier molecular flexibility index (Phi) is 4.87. The third-order valence-electron chi connectivity index (χ3n) is 5.91. The zero-order valence-corrected chi connectivity index (χ0v) is 17.6. The third-order valence-corrected chi connectivity index (χ3v) is 5.91. The van der Waals surface area contributed by atoms with E-state index in [0.29, 0.717) is 16.3 Å². The number of amides is 1. The topological polar surface area (TPSA) is 73.3 Å². The van der Waals surface area contributed by atoms with Gasteiger partial charge in [0.25, 0.3) is 5.91 Å². The molecule has 1 aliphatic rings. The molecule has 3 aromatic rings. The van der Waals surface area contributed by atoms with Crippen molar-refractivity contribution in [1.82, 2.24) is 15.3 Å². The van der Waals surface area contributed by atoms with E-state index in [0.717, 1.165) is 5.46 Å². The molecule has 0 saturated carbocycles. The second-order valence-corrected chi connectivity index (χ2v) is 8.33. The van der Waals surface area contributed by atoms with Gasteiger partial charge in [-0.2, -0.15) is 0 Å². The summed E-state index contributed by atoms with van der Waals surface area (Å²) in [6.07, 6.45) is 3.07. The van der Waals surface area contributed by atoms with Gasteiger partial charge in [-0.1, -0.05) is 18.2 Å². The SMILES string of the molecule is CNC(=O)c1ccc(-c2ncc3c(B4OC(C)(C)C(C)(C)O4)cccc3c2F)cn1. The molecule has 1 N–H and O–H groups in total. The smallest absolute Gasteiger partial charge is 0.399 e. The molecular weight excluding hydrogens is 384 g/mol. The van der Waals surface area contributed by atoms with Crippen LogP contribution in [0.5, 0.6) is 0 Å². The summed E-state index contributed by atoms with van der Waals surface area (Å²) in [5.41, 5.74) is 0.656. The van der Waals surface area contributed by atoms with Crippen molar-refractivity contribution in [2.24, 2.45) is 0 Å². The van der Waals surface area contributed by atoms with Crippen LogP contribution in [0.15, 0.2) is 42.7 Å². The number of rotatable bonds is 3. The maximum Gasteiger partial charge on any atom is 0.495 e. The molecule has 2 aromatic heterocycles. The maximum absolute atomic E-state index is 15.4. The molecule has 0 radical (unpaired) electrons. The number of pyridine rings is 2. The molecule has 6 nitrogen and oxygen atoms in total. The highest BCUT2D eigenvalue weighted by Crippen LogP contribution is 2.37. The Labute approximate surface area is 175 Å². The Balaban J connectivity index is 1.75. The molecule has 1 saturated heterocycles. The normalized spacial score (nSPS) is 17.3. The van der Waals surface area contributed by atoms with Crippen molar-refractivity contribution >= 4 is 29.3 Å². The van der Waals surface area contributed by atoms with Crippen molar-refractivity contribution in [3.63, 3.8) is 0 Å². The number of hydrogen-bond donors (Lipinski definition) is 1. The summed E-state index contributed by atoms with van der Waals surface area (Å²) < 4.78 is 27.7. The number of aromatic nitrogens is 2. The Bertz CT molecular complexity index is 1120. The number of nitrogens with one attached hydrogen (secondary N) is 1. The van der Waals surface area contributed by atoms with E-state index in [-0.39, 0.29) is 17.3 Å². The van der Waals surface area contributed by atoms with Crippen LogP contribution in [0, 0.1) is 5.82 Å². The number of benzene rings is 1. The lowest BCUT2D eigenvalue weighted by atomic mass is 9.76. The fourth-order valence-electron chi connectivity index (χ4n) is 3.41. The summed E-state index contributed by atoms with van der Waals surface area (Å²) in [6.45, 7) is 7.91. The molecule has 0 unspecified atom stereocenters.